The summed E-state index contributed by atoms with van der Waals surface area (Å²) in [6, 6.07) is 9.65. The van der Waals surface area contributed by atoms with E-state index in [1.165, 1.54) is 5.69 Å². The Kier molecular flexibility index (Phi) is 5.27. The van der Waals surface area contributed by atoms with Gasteiger partial charge >= 0.3 is 5.76 Å². The fourth-order valence-electron chi connectivity index (χ4n) is 3.63. The fraction of sp³-hybridized carbons (Fsp3) is 0.389. The van der Waals surface area contributed by atoms with Gasteiger partial charge in [-0.05, 0) is 49.7 Å². The summed E-state index contributed by atoms with van der Waals surface area (Å²) in [5.41, 5.74) is 2.67. The molecule has 0 N–H and O–H groups in total. The number of hydrogen-bond donors (Lipinski definition) is 0. The van der Waals surface area contributed by atoms with E-state index in [4.69, 9.17) is 16.0 Å². The van der Waals surface area contributed by atoms with Crippen molar-refractivity contribution < 1.29 is 4.42 Å². The number of benzene rings is 1. The molecular weight excluding hydrogens is 361 g/mol. The predicted molar refractivity (Wildman–Crippen MR) is 102 cm³/mol. The van der Waals surface area contributed by atoms with Crippen molar-refractivity contribution in [3.8, 4) is 0 Å². The van der Waals surface area contributed by atoms with E-state index in [9.17, 15) is 4.79 Å². The molecular formula is C18H21Cl2N3O2. The lowest BCUT2D eigenvalue weighted by molar-refractivity contribution is 0.165. The summed E-state index contributed by atoms with van der Waals surface area (Å²) in [6.07, 6.45) is 4.10. The zero-order chi connectivity index (χ0) is 16.7. The molecule has 7 heteroatoms. The Labute approximate surface area is 157 Å². The van der Waals surface area contributed by atoms with Crippen LogP contribution in [0.15, 0.2) is 45.7 Å². The van der Waals surface area contributed by atoms with E-state index in [1.54, 1.807) is 16.7 Å². The fourth-order valence-corrected chi connectivity index (χ4v) is 3.79. The Morgan fingerprint density at radius 3 is 2.92 bits per heavy atom. The van der Waals surface area contributed by atoms with Crippen molar-refractivity contribution in [3.63, 3.8) is 0 Å². The first-order valence-corrected chi connectivity index (χ1v) is 8.63. The van der Waals surface area contributed by atoms with Gasteiger partial charge < -0.3 is 8.98 Å². The molecule has 0 radical (unpaired) electrons. The van der Waals surface area contributed by atoms with Crippen LogP contribution in [0.1, 0.15) is 24.6 Å². The lowest BCUT2D eigenvalue weighted by Crippen LogP contribution is -2.38. The van der Waals surface area contributed by atoms with Gasteiger partial charge in [0.1, 0.15) is 0 Å². The molecule has 1 aromatic carbocycles. The van der Waals surface area contributed by atoms with Crippen LogP contribution in [0, 0.1) is 0 Å². The highest BCUT2D eigenvalue weighted by molar-refractivity contribution is 6.31. The largest absolute Gasteiger partial charge is 0.420 e. The summed E-state index contributed by atoms with van der Waals surface area (Å²) in [7, 11) is 2.06. The molecule has 3 heterocycles. The molecule has 1 atom stereocenters. The molecule has 1 aliphatic rings. The Morgan fingerprint density at radius 2 is 2.16 bits per heavy atom. The number of hydrogen-bond acceptors (Lipinski definition) is 3. The highest BCUT2D eigenvalue weighted by Crippen LogP contribution is 2.27. The van der Waals surface area contributed by atoms with E-state index in [-0.39, 0.29) is 24.2 Å². The number of likely N-dealkylation sites (tertiary alicyclic amines) is 1. The Morgan fingerprint density at radius 1 is 1.32 bits per heavy atom. The maximum Gasteiger partial charge on any atom is 0.420 e. The average Bonchev–Trinajstić information content (AvgIpc) is 3.10. The van der Waals surface area contributed by atoms with Crippen molar-refractivity contribution in [3.05, 3.63) is 57.8 Å². The van der Waals surface area contributed by atoms with Crippen molar-refractivity contribution >= 4 is 35.1 Å². The van der Waals surface area contributed by atoms with Gasteiger partial charge in [0, 0.05) is 37.1 Å². The van der Waals surface area contributed by atoms with Gasteiger partial charge in [-0.3, -0.25) is 9.47 Å². The van der Waals surface area contributed by atoms with Crippen LogP contribution in [-0.2, 0) is 13.6 Å². The van der Waals surface area contributed by atoms with Crippen LogP contribution in [0.2, 0.25) is 5.02 Å². The van der Waals surface area contributed by atoms with Crippen molar-refractivity contribution in [2.75, 3.05) is 13.1 Å². The molecule has 4 rings (SSSR count). The number of piperidine rings is 1. The first-order valence-electron chi connectivity index (χ1n) is 8.25. The summed E-state index contributed by atoms with van der Waals surface area (Å²) >= 11 is 6.11. The second kappa shape index (κ2) is 7.28. The SMILES string of the molecule is Cl.Cn1cccc1CN1CCCC(n2c(=O)oc3ccc(Cl)cc32)C1. The topological polar surface area (TPSA) is 43.3 Å². The Hall–Kier alpha value is -1.69. The van der Waals surface area contributed by atoms with E-state index in [1.807, 2.05) is 6.07 Å². The van der Waals surface area contributed by atoms with Gasteiger partial charge in [0.2, 0.25) is 0 Å². The van der Waals surface area contributed by atoms with Crippen LogP contribution < -0.4 is 5.76 Å². The third-order valence-corrected chi connectivity index (χ3v) is 5.09. The van der Waals surface area contributed by atoms with Crippen molar-refractivity contribution in [2.45, 2.75) is 25.4 Å². The molecule has 0 spiro atoms. The molecule has 1 aliphatic heterocycles. The van der Waals surface area contributed by atoms with E-state index < -0.39 is 0 Å². The van der Waals surface area contributed by atoms with Gasteiger partial charge in [0.05, 0.1) is 11.6 Å². The first kappa shape index (κ1) is 18.1. The molecule has 0 aliphatic carbocycles. The van der Waals surface area contributed by atoms with Crippen LogP contribution in [0.4, 0.5) is 0 Å². The normalized spacial score (nSPS) is 18.4. The number of aryl methyl sites for hydroxylation is 1. The zero-order valence-electron chi connectivity index (χ0n) is 14.0. The van der Waals surface area contributed by atoms with E-state index in [0.29, 0.717) is 10.6 Å². The van der Waals surface area contributed by atoms with Gasteiger partial charge in [-0.15, -0.1) is 12.4 Å². The average molecular weight is 382 g/mol. The molecule has 25 heavy (non-hydrogen) atoms. The van der Waals surface area contributed by atoms with Crippen LogP contribution in [0.25, 0.3) is 11.1 Å². The zero-order valence-corrected chi connectivity index (χ0v) is 15.6. The van der Waals surface area contributed by atoms with Gasteiger partial charge in [-0.1, -0.05) is 11.6 Å². The van der Waals surface area contributed by atoms with Crippen LogP contribution >= 0.6 is 24.0 Å². The summed E-state index contributed by atoms with van der Waals surface area (Å²) in [6.45, 7) is 2.78. The molecule has 1 fully saturated rings. The van der Waals surface area contributed by atoms with E-state index in [2.05, 4.69) is 34.8 Å². The van der Waals surface area contributed by atoms with Crippen LogP contribution in [-0.4, -0.2) is 27.1 Å². The molecule has 134 valence electrons. The number of rotatable bonds is 3. The lowest BCUT2D eigenvalue weighted by Gasteiger charge is -2.33. The molecule has 1 saturated heterocycles. The molecule has 1 unspecified atom stereocenters. The molecule has 5 nitrogen and oxygen atoms in total. The Balaban J connectivity index is 0.00000182. The molecule has 3 aromatic rings. The van der Waals surface area contributed by atoms with Gasteiger partial charge in [-0.25, -0.2) is 4.79 Å². The smallest absolute Gasteiger partial charge is 0.408 e. The number of nitrogens with zero attached hydrogens (tertiary/aromatic N) is 3. The standard InChI is InChI=1S/C18H20ClN3O2.ClH/c1-20-8-2-4-14(20)11-21-9-3-5-15(12-21)22-16-10-13(19)6-7-17(16)24-18(22)23;/h2,4,6-8,10,15H,3,5,9,11-12H2,1H3;1H. The molecule has 0 saturated carbocycles. The minimum absolute atomic E-state index is 0. The lowest BCUT2D eigenvalue weighted by atomic mass is 10.0. The molecule has 0 bridgehead atoms. The van der Waals surface area contributed by atoms with Crippen molar-refractivity contribution in [2.24, 2.45) is 7.05 Å². The van der Waals surface area contributed by atoms with E-state index >= 15 is 0 Å². The maximum atomic E-state index is 12.4. The molecule has 0 amide bonds. The quantitative estimate of drug-likeness (QED) is 0.691. The first-order chi connectivity index (χ1) is 11.6. The maximum absolute atomic E-state index is 12.4. The minimum atomic E-state index is -0.294. The highest BCUT2D eigenvalue weighted by atomic mass is 35.5. The summed E-state index contributed by atoms with van der Waals surface area (Å²) in [5, 5.41) is 0.619. The number of aromatic nitrogens is 2. The van der Waals surface area contributed by atoms with Gasteiger partial charge in [0.25, 0.3) is 0 Å². The second-order valence-corrected chi connectivity index (χ2v) is 6.93. The van der Waals surface area contributed by atoms with E-state index in [0.717, 1.165) is 38.0 Å². The van der Waals surface area contributed by atoms with Crippen LogP contribution in [0.5, 0.6) is 0 Å². The van der Waals surface area contributed by atoms with Gasteiger partial charge in [-0.2, -0.15) is 0 Å². The predicted octanol–water partition coefficient (Wildman–Crippen LogP) is 3.85. The monoisotopic (exact) mass is 381 g/mol. The Bertz CT molecular complexity index is 928. The third-order valence-electron chi connectivity index (χ3n) is 4.86. The van der Waals surface area contributed by atoms with Crippen LogP contribution in [0.3, 0.4) is 0 Å². The summed E-state index contributed by atoms with van der Waals surface area (Å²) in [4.78, 5) is 14.8. The van der Waals surface area contributed by atoms with Crippen molar-refractivity contribution in [1.29, 1.82) is 0 Å². The highest BCUT2D eigenvalue weighted by Gasteiger charge is 2.25. The summed E-state index contributed by atoms with van der Waals surface area (Å²) in [5.74, 6) is -0.294. The molecule has 2 aromatic heterocycles. The number of oxazole rings is 1. The number of fused-ring (bicyclic) bond motifs is 1. The number of halogens is 2. The minimum Gasteiger partial charge on any atom is -0.408 e. The van der Waals surface area contributed by atoms with Gasteiger partial charge in [0.15, 0.2) is 5.58 Å². The van der Waals surface area contributed by atoms with Crippen molar-refractivity contribution in [1.82, 2.24) is 14.0 Å². The second-order valence-electron chi connectivity index (χ2n) is 6.49. The summed E-state index contributed by atoms with van der Waals surface area (Å²) < 4.78 is 9.31. The third kappa shape index (κ3) is 3.50.